The van der Waals surface area contributed by atoms with Crippen molar-refractivity contribution in [1.82, 2.24) is 15.6 Å². The molecule has 0 aromatic carbocycles. The minimum absolute atomic E-state index is 0.00738. The maximum absolute atomic E-state index is 11.7. The molecule has 8 nitrogen and oxygen atoms in total. The van der Waals surface area contributed by atoms with Crippen molar-refractivity contribution >= 4 is 47.1 Å². The second-order valence-corrected chi connectivity index (χ2v) is 5.47. The van der Waals surface area contributed by atoms with Gasteiger partial charge in [-0.15, -0.1) is 0 Å². The number of nitrogens with zero attached hydrogens (tertiary/aromatic N) is 1. The van der Waals surface area contributed by atoms with Crippen molar-refractivity contribution in [2.75, 3.05) is 23.9 Å². The Labute approximate surface area is 136 Å². The predicted molar refractivity (Wildman–Crippen MR) is 84.2 cm³/mol. The minimum atomic E-state index is -1.19. The molecule has 0 unspecified atom stereocenters. The van der Waals surface area contributed by atoms with Gasteiger partial charge in [0.25, 0.3) is 0 Å². The first-order valence-corrected chi connectivity index (χ1v) is 7.88. The van der Waals surface area contributed by atoms with Crippen molar-refractivity contribution in [2.24, 2.45) is 0 Å². The van der Waals surface area contributed by atoms with Crippen molar-refractivity contribution in [3.63, 3.8) is 0 Å². The van der Waals surface area contributed by atoms with Crippen LogP contribution in [0.3, 0.4) is 0 Å². The van der Waals surface area contributed by atoms with Crippen molar-refractivity contribution in [3.8, 4) is 0 Å². The van der Waals surface area contributed by atoms with Gasteiger partial charge in [0, 0.05) is 18.5 Å². The van der Waals surface area contributed by atoms with Gasteiger partial charge in [-0.25, -0.2) is 9.78 Å². The van der Waals surface area contributed by atoms with Crippen LogP contribution < -0.4 is 16.0 Å². The molecule has 1 aromatic rings. The number of aromatic nitrogens is 1. The lowest BCUT2D eigenvalue weighted by molar-refractivity contribution is -0.136. The zero-order valence-corrected chi connectivity index (χ0v) is 13.2. The number of pyridine rings is 1. The van der Waals surface area contributed by atoms with Crippen LogP contribution in [-0.4, -0.2) is 52.6 Å². The highest BCUT2D eigenvalue weighted by Crippen LogP contribution is 2.09. The Hall–Kier alpha value is -2.00. The summed E-state index contributed by atoms with van der Waals surface area (Å²) in [5, 5.41) is 16.0. The average Bonchev–Trinajstić information content (AvgIpc) is 2.46. The number of hydrogen-bond donors (Lipinski definition) is 4. The molecule has 0 saturated heterocycles. The van der Waals surface area contributed by atoms with Crippen LogP contribution in [0.1, 0.15) is 0 Å². The molecule has 1 atom stereocenters. The Bertz CT molecular complexity index is 540. The highest BCUT2D eigenvalue weighted by atomic mass is 35.5. The zero-order chi connectivity index (χ0) is 16.5. The number of carbonyl (C=O) groups is 3. The molecule has 3 amide bonds. The normalized spacial score (nSPS) is 11.4. The number of carbonyl (C=O) groups excluding carboxylic acids is 2. The van der Waals surface area contributed by atoms with Gasteiger partial charge in [0.2, 0.25) is 0 Å². The van der Waals surface area contributed by atoms with Crippen LogP contribution in [0.4, 0.5) is 10.6 Å². The lowest BCUT2D eigenvalue weighted by Crippen LogP contribution is -2.47. The molecule has 0 radical (unpaired) electrons. The summed E-state index contributed by atoms with van der Waals surface area (Å²) in [4.78, 5) is 37.7. The summed E-state index contributed by atoms with van der Waals surface area (Å²) < 4.78 is 0. The zero-order valence-electron chi connectivity index (χ0n) is 11.6. The number of thioether (sulfide) groups is 1. The number of anilines is 1. The van der Waals surface area contributed by atoms with Gasteiger partial charge in [-0.05, 0) is 18.4 Å². The number of hydrogen-bond acceptors (Lipinski definition) is 5. The van der Waals surface area contributed by atoms with E-state index in [2.05, 4.69) is 20.9 Å². The van der Waals surface area contributed by atoms with E-state index in [1.807, 2.05) is 0 Å². The number of carboxylic acid groups (broad SMARTS) is 1. The molecular weight excluding hydrogens is 332 g/mol. The second-order valence-electron chi connectivity index (χ2n) is 4.13. The highest BCUT2D eigenvalue weighted by Gasteiger charge is 2.17. The van der Waals surface area contributed by atoms with E-state index in [9.17, 15) is 14.4 Å². The summed E-state index contributed by atoms with van der Waals surface area (Å²) in [6, 6.07) is 2.49. The van der Waals surface area contributed by atoms with Crippen LogP contribution >= 0.6 is 23.4 Å². The summed E-state index contributed by atoms with van der Waals surface area (Å²) in [7, 11) is 0. The van der Waals surface area contributed by atoms with Gasteiger partial charge in [0.1, 0.15) is 5.82 Å². The molecule has 4 N–H and O–H groups in total. The molecule has 0 saturated carbocycles. The number of amides is 3. The van der Waals surface area contributed by atoms with Crippen molar-refractivity contribution in [1.29, 1.82) is 0 Å². The molecule has 1 aromatic heterocycles. The molecule has 0 fully saturated rings. The lowest BCUT2D eigenvalue weighted by atomic mass is 10.3. The van der Waals surface area contributed by atoms with E-state index < -0.39 is 23.9 Å². The Kier molecular flexibility index (Phi) is 7.47. The standard InChI is InChI=1S/C12H15ClN4O4S/c1-22-6-8(16-12(20)21)5-15-10(18)11(19)17-9-3-2-7(13)4-14-9/h2-4,8,16H,5-6H2,1H3,(H,15,18)(H,20,21)(H,14,17,19)/t8-/m0/s1. The molecule has 1 rings (SSSR count). The van der Waals surface area contributed by atoms with Gasteiger partial charge in [0.05, 0.1) is 11.1 Å². The first-order valence-electron chi connectivity index (χ1n) is 6.11. The first-order chi connectivity index (χ1) is 10.4. The molecular formula is C12H15ClN4O4S. The van der Waals surface area contributed by atoms with Crippen LogP contribution in [0.2, 0.25) is 5.02 Å². The largest absolute Gasteiger partial charge is 0.465 e. The second kappa shape index (κ2) is 9.11. The van der Waals surface area contributed by atoms with Crippen LogP contribution in [-0.2, 0) is 9.59 Å². The maximum atomic E-state index is 11.7. The molecule has 0 aliphatic carbocycles. The van der Waals surface area contributed by atoms with Gasteiger partial charge in [-0.2, -0.15) is 11.8 Å². The summed E-state index contributed by atoms with van der Waals surface area (Å²) in [6.07, 6.45) is 1.94. The molecule has 0 aliphatic rings. The fraction of sp³-hybridized carbons (Fsp3) is 0.333. The van der Waals surface area contributed by atoms with Gasteiger partial charge < -0.3 is 21.1 Å². The highest BCUT2D eigenvalue weighted by molar-refractivity contribution is 7.98. The van der Waals surface area contributed by atoms with E-state index in [0.717, 1.165) is 0 Å². The summed E-state index contributed by atoms with van der Waals surface area (Å²) >= 11 is 7.07. The SMILES string of the molecule is CSC[C@H](CNC(=O)C(=O)Nc1ccc(Cl)cn1)NC(=O)O. The number of nitrogens with one attached hydrogen (secondary N) is 3. The third-order valence-corrected chi connectivity index (χ3v) is 3.34. The molecule has 1 heterocycles. The average molecular weight is 347 g/mol. The van der Waals surface area contributed by atoms with Crippen molar-refractivity contribution in [2.45, 2.75) is 6.04 Å². The number of halogens is 1. The molecule has 0 spiro atoms. The topological polar surface area (TPSA) is 120 Å². The van der Waals surface area contributed by atoms with Crippen LogP contribution in [0.5, 0.6) is 0 Å². The monoisotopic (exact) mass is 346 g/mol. The first kappa shape index (κ1) is 18.1. The maximum Gasteiger partial charge on any atom is 0.404 e. The Morgan fingerprint density at radius 3 is 2.64 bits per heavy atom. The smallest absolute Gasteiger partial charge is 0.404 e. The molecule has 10 heteroatoms. The van der Waals surface area contributed by atoms with E-state index in [-0.39, 0.29) is 12.4 Å². The third-order valence-electron chi connectivity index (χ3n) is 2.38. The Balaban J connectivity index is 2.47. The molecule has 0 aliphatic heterocycles. The van der Waals surface area contributed by atoms with E-state index in [4.69, 9.17) is 16.7 Å². The summed E-state index contributed by atoms with van der Waals surface area (Å²) in [5.74, 6) is -1.12. The van der Waals surface area contributed by atoms with E-state index >= 15 is 0 Å². The van der Waals surface area contributed by atoms with Gasteiger partial charge in [0.15, 0.2) is 0 Å². The molecule has 0 bridgehead atoms. The Morgan fingerprint density at radius 2 is 2.09 bits per heavy atom. The number of rotatable bonds is 6. The van der Waals surface area contributed by atoms with E-state index in [0.29, 0.717) is 10.8 Å². The quantitative estimate of drug-likeness (QED) is 0.565. The van der Waals surface area contributed by atoms with Crippen LogP contribution in [0, 0.1) is 0 Å². The molecule has 22 heavy (non-hydrogen) atoms. The Morgan fingerprint density at radius 1 is 1.36 bits per heavy atom. The lowest BCUT2D eigenvalue weighted by Gasteiger charge is -2.16. The fourth-order valence-electron chi connectivity index (χ4n) is 1.45. The van der Waals surface area contributed by atoms with Crippen molar-refractivity contribution in [3.05, 3.63) is 23.4 Å². The van der Waals surface area contributed by atoms with Crippen LogP contribution in [0.25, 0.3) is 0 Å². The van der Waals surface area contributed by atoms with Gasteiger partial charge in [-0.3, -0.25) is 9.59 Å². The fourth-order valence-corrected chi connectivity index (χ4v) is 2.16. The van der Waals surface area contributed by atoms with Gasteiger partial charge in [-0.1, -0.05) is 11.6 Å². The van der Waals surface area contributed by atoms with Crippen LogP contribution in [0.15, 0.2) is 18.3 Å². The minimum Gasteiger partial charge on any atom is -0.465 e. The van der Waals surface area contributed by atoms with Crippen molar-refractivity contribution < 1.29 is 19.5 Å². The van der Waals surface area contributed by atoms with E-state index in [1.165, 1.54) is 30.1 Å². The van der Waals surface area contributed by atoms with E-state index in [1.54, 1.807) is 6.26 Å². The summed E-state index contributed by atoms with van der Waals surface area (Å²) in [5.41, 5.74) is 0. The third kappa shape index (κ3) is 6.64. The molecule has 120 valence electrons. The predicted octanol–water partition coefficient (Wildman–Crippen LogP) is 0.789. The summed E-state index contributed by atoms with van der Waals surface area (Å²) in [6.45, 7) is 0.00738. The van der Waals surface area contributed by atoms with Gasteiger partial charge >= 0.3 is 17.9 Å².